The lowest BCUT2D eigenvalue weighted by Crippen LogP contribution is -2.57. The number of nitrogens with zero attached hydrogens (tertiary/aromatic N) is 1. The summed E-state index contributed by atoms with van der Waals surface area (Å²) in [5.74, 6) is -0.161. The highest BCUT2D eigenvalue weighted by atomic mass is 16.5. The van der Waals surface area contributed by atoms with E-state index in [-0.39, 0.29) is 17.7 Å². The van der Waals surface area contributed by atoms with Gasteiger partial charge in [-0.05, 0) is 19.4 Å². The van der Waals surface area contributed by atoms with Gasteiger partial charge in [0, 0.05) is 25.0 Å². The molecule has 1 aliphatic heterocycles. The van der Waals surface area contributed by atoms with E-state index in [0.717, 1.165) is 19.4 Å². The molecule has 0 radical (unpaired) electrons. The molecule has 2 aliphatic rings. The molecular weight excluding hydrogens is 258 g/mol. The van der Waals surface area contributed by atoms with Crippen LogP contribution in [0.25, 0.3) is 0 Å². The van der Waals surface area contributed by atoms with Crippen molar-refractivity contribution in [2.24, 2.45) is 5.92 Å². The van der Waals surface area contributed by atoms with Crippen molar-refractivity contribution in [1.29, 1.82) is 0 Å². The second-order valence-corrected chi connectivity index (χ2v) is 5.61. The minimum Gasteiger partial charge on any atom is -0.377 e. The molecular formula is C14H25N3O3. The molecule has 1 saturated carbocycles. The first-order valence-electron chi connectivity index (χ1n) is 7.52. The Morgan fingerprint density at radius 3 is 2.80 bits per heavy atom. The Bertz CT molecular complexity index is 358. The van der Waals surface area contributed by atoms with Gasteiger partial charge in [0.05, 0.1) is 13.2 Å². The van der Waals surface area contributed by atoms with Gasteiger partial charge >= 0.3 is 0 Å². The van der Waals surface area contributed by atoms with E-state index in [4.69, 9.17) is 4.74 Å². The summed E-state index contributed by atoms with van der Waals surface area (Å²) in [7, 11) is 0. The second-order valence-electron chi connectivity index (χ2n) is 5.61. The van der Waals surface area contributed by atoms with Gasteiger partial charge in [0.2, 0.25) is 11.8 Å². The monoisotopic (exact) mass is 283 g/mol. The van der Waals surface area contributed by atoms with E-state index in [1.807, 2.05) is 13.8 Å². The zero-order chi connectivity index (χ0) is 14.5. The molecule has 2 atom stereocenters. The molecule has 1 aliphatic carbocycles. The number of morpholine rings is 1. The van der Waals surface area contributed by atoms with Crippen LogP contribution in [0.4, 0.5) is 0 Å². The molecule has 0 bridgehead atoms. The van der Waals surface area contributed by atoms with Gasteiger partial charge < -0.3 is 20.3 Å². The van der Waals surface area contributed by atoms with Crippen molar-refractivity contribution in [3.8, 4) is 0 Å². The van der Waals surface area contributed by atoms with Crippen molar-refractivity contribution in [1.82, 2.24) is 15.5 Å². The molecule has 0 aromatic carbocycles. The Kier molecular flexibility index (Phi) is 5.37. The number of ether oxygens (including phenoxy) is 1. The Morgan fingerprint density at radius 2 is 2.15 bits per heavy atom. The molecule has 114 valence electrons. The summed E-state index contributed by atoms with van der Waals surface area (Å²) in [6.07, 6.45) is 2.09. The predicted molar refractivity (Wildman–Crippen MR) is 75.2 cm³/mol. The minimum atomic E-state index is -0.471. The summed E-state index contributed by atoms with van der Waals surface area (Å²) in [6.45, 7) is 6.70. The fourth-order valence-corrected chi connectivity index (χ4v) is 2.34. The van der Waals surface area contributed by atoms with Crippen LogP contribution >= 0.6 is 0 Å². The van der Waals surface area contributed by atoms with Crippen molar-refractivity contribution < 1.29 is 14.3 Å². The number of nitrogens with one attached hydrogen (secondary N) is 2. The Labute approximate surface area is 120 Å². The molecule has 2 amide bonds. The quantitative estimate of drug-likeness (QED) is 0.704. The lowest BCUT2D eigenvalue weighted by molar-refractivity contribution is -0.151. The molecule has 6 nitrogen and oxygen atoms in total. The first-order chi connectivity index (χ1) is 9.63. The average Bonchev–Trinajstić information content (AvgIpc) is 3.27. The van der Waals surface area contributed by atoms with Crippen LogP contribution in [0.3, 0.4) is 0 Å². The third-order valence-electron chi connectivity index (χ3n) is 3.76. The maximum atomic E-state index is 12.5. The minimum absolute atomic E-state index is 0.0326. The predicted octanol–water partition coefficient (Wildman–Crippen LogP) is -0.262. The van der Waals surface area contributed by atoms with Crippen LogP contribution in [-0.2, 0) is 14.3 Å². The Morgan fingerprint density at radius 1 is 1.40 bits per heavy atom. The maximum Gasteiger partial charge on any atom is 0.245 e. The van der Waals surface area contributed by atoms with Crippen molar-refractivity contribution in [2.45, 2.75) is 38.8 Å². The molecule has 0 spiro atoms. The van der Waals surface area contributed by atoms with E-state index < -0.39 is 6.04 Å². The molecule has 20 heavy (non-hydrogen) atoms. The van der Waals surface area contributed by atoms with Gasteiger partial charge in [-0.2, -0.15) is 0 Å². The second kappa shape index (κ2) is 7.04. The zero-order valence-corrected chi connectivity index (χ0v) is 12.4. The van der Waals surface area contributed by atoms with Gasteiger partial charge in [0.25, 0.3) is 0 Å². The van der Waals surface area contributed by atoms with Crippen LogP contribution in [0.2, 0.25) is 0 Å². The lowest BCUT2D eigenvalue weighted by atomic mass is 10.1. The van der Waals surface area contributed by atoms with Crippen molar-refractivity contribution in [3.05, 3.63) is 0 Å². The fourth-order valence-electron chi connectivity index (χ4n) is 2.34. The third-order valence-corrected chi connectivity index (χ3v) is 3.76. The number of carbonyl (C=O) groups excluding carboxylic acids is 2. The standard InChI is InChI=1S/C14H25N3O3/c1-3-15-8-10(2)14(19)17-6-7-20-9-12(17)13(18)16-11-4-5-11/h10-12,15H,3-9H2,1-2H3,(H,16,18). The van der Waals surface area contributed by atoms with Crippen molar-refractivity contribution in [2.75, 3.05) is 32.8 Å². The lowest BCUT2D eigenvalue weighted by Gasteiger charge is -2.36. The third kappa shape index (κ3) is 3.93. The van der Waals surface area contributed by atoms with E-state index in [2.05, 4.69) is 10.6 Å². The number of carbonyl (C=O) groups is 2. The summed E-state index contributed by atoms with van der Waals surface area (Å²) in [5, 5.41) is 6.14. The smallest absolute Gasteiger partial charge is 0.245 e. The highest BCUT2D eigenvalue weighted by molar-refractivity contribution is 5.89. The molecule has 0 aromatic rings. The molecule has 2 fully saturated rings. The van der Waals surface area contributed by atoms with Crippen molar-refractivity contribution in [3.63, 3.8) is 0 Å². The number of amides is 2. The summed E-state index contributed by atoms with van der Waals surface area (Å²) in [6, 6.07) is -0.165. The topological polar surface area (TPSA) is 70.7 Å². The van der Waals surface area contributed by atoms with Crippen LogP contribution < -0.4 is 10.6 Å². The highest BCUT2D eigenvalue weighted by Crippen LogP contribution is 2.20. The number of rotatable bonds is 6. The Hall–Kier alpha value is -1.14. The van der Waals surface area contributed by atoms with E-state index in [0.29, 0.717) is 32.3 Å². The average molecular weight is 283 g/mol. The molecule has 0 aromatic heterocycles. The summed E-state index contributed by atoms with van der Waals surface area (Å²) in [5.41, 5.74) is 0. The number of hydrogen-bond acceptors (Lipinski definition) is 4. The SMILES string of the molecule is CCNCC(C)C(=O)N1CCOCC1C(=O)NC1CC1. The van der Waals surface area contributed by atoms with Crippen LogP contribution in [0, 0.1) is 5.92 Å². The van der Waals surface area contributed by atoms with Gasteiger partial charge in [-0.25, -0.2) is 0 Å². The van der Waals surface area contributed by atoms with E-state index in [1.165, 1.54) is 0 Å². The van der Waals surface area contributed by atoms with Crippen molar-refractivity contribution >= 4 is 11.8 Å². The van der Waals surface area contributed by atoms with E-state index >= 15 is 0 Å². The molecule has 2 rings (SSSR count). The van der Waals surface area contributed by atoms with Gasteiger partial charge in [-0.15, -0.1) is 0 Å². The van der Waals surface area contributed by atoms with Gasteiger partial charge in [0.15, 0.2) is 0 Å². The molecule has 2 unspecified atom stereocenters. The molecule has 1 heterocycles. The molecule has 1 saturated heterocycles. The Balaban J connectivity index is 1.94. The van der Waals surface area contributed by atoms with Crippen LogP contribution in [-0.4, -0.2) is 61.6 Å². The molecule has 2 N–H and O–H groups in total. The normalized spacial score (nSPS) is 24.3. The summed E-state index contributed by atoms with van der Waals surface area (Å²) < 4.78 is 5.38. The highest BCUT2D eigenvalue weighted by Gasteiger charge is 2.36. The van der Waals surface area contributed by atoms with E-state index in [9.17, 15) is 9.59 Å². The zero-order valence-electron chi connectivity index (χ0n) is 12.4. The van der Waals surface area contributed by atoms with Crippen LogP contribution in [0.1, 0.15) is 26.7 Å². The number of hydrogen-bond donors (Lipinski definition) is 2. The van der Waals surface area contributed by atoms with Gasteiger partial charge in [-0.1, -0.05) is 13.8 Å². The maximum absolute atomic E-state index is 12.5. The van der Waals surface area contributed by atoms with Crippen LogP contribution in [0.5, 0.6) is 0 Å². The van der Waals surface area contributed by atoms with Crippen LogP contribution in [0.15, 0.2) is 0 Å². The van der Waals surface area contributed by atoms with Gasteiger partial charge in [0.1, 0.15) is 6.04 Å². The van der Waals surface area contributed by atoms with E-state index in [1.54, 1.807) is 4.90 Å². The first kappa shape index (κ1) is 15.3. The fraction of sp³-hybridized carbons (Fsp3) is 0.857. The van der Waals surface area contributed by atoms with Gasteiger partial charge in [-0.3, -0.25) is 9.59 Å². The summed E-state index contributed by atoms with van der Waals surface area (Å²) >= 11 is 0. The first-order valence-corrected chi connectivity index (χ1v) is 7.52. The largest absolute Gasteiger partial charge is 0.377 e. The summed E-state index contributed by atoms with van der Waals surface area (Å²) in [4.78, 5) is 26.4. The molecule has 6 heteroatoms.